The standard InChI is InChI=1S/C48H58N2O6/c1-5-48(6-2)45-49-39(33-55-45)31-35-11-19-41(20-12-35)51-27-7-9-29-53-43-23-15-37(16-24-43)47(3,4)38-17-25-44(26-18-38)54-30-10-8-28-52-42-21-13-36(14-22-42)32-40-34-56-46(48)50-40/h11-26,39-40H,5-10,27-34H2,1-4H3/t39-,40-/m0/s1. The highest BCUT2D eigenvalue weighted by atomic mass is 16.5. The van der Waals surface area contributed by atoms with Gasteiger partial charge in [-0.05, 0) is 122 Å². The van der Waals surface area contributed by atoms with Gasteiger partial charge in [0.05, 0.1) is 38.5 Å². The second-order valence-electron chi connectivity index (χ2n) is 15.8. The Hall–Kier alpha value is -4.98. The second kappa shape index (κ2) is 18.3. The van der Waals surface area contributed by atoms with Gasteiger partial charge in [-0.2, -0.15) is 0 Å². The minimum Gasteiger partial charge on any atom is -0.494 e. The van der Waals surface area contributed by atoms with Crippen LogP contribution in [0.25, 0.3) is 0 Å². The van der Waals surface area contributed by atoms with Gasteiger partial charge in [-0.1, -0.05) is 76.2 Å². The summed E-state index contributed by atoms with van der Waals surface area (Å²) in [4.78, 5) is 10.2. The van der Waals surface area contributed by atoms with E-state index < -0.39 is 5.41 Å². The first kappa shape index (κ1) is 39.3. The molecule has 7 aliphatic heterocycles. The highest BCUT2D eigenvalue weighted by molar-refractivity contribution is 6.06. The Labute approximate surface area is 333 Å². The van der Waals surface area contributed by atoms with Gasteiger partial charge in [0.2, 0.25) is 0 Å². The first-order valence-corrected chi connectivity index (χ1v) is 20.7. The smallest absolute Gasteiger partial charge is 0.199 e. The molecular formula is C48H58N2O6. The molecule has 296 valence electrons. The number of rotatable bonds is 2. The van der Waals surface area contributed by atoms with Crippen molar-refractivity contribution in [3.05, 3.63) is 119 Å². The van der Waals surface area contributed by atoms with Crippen LogP contribution in [0.3, 0.4) is 0 Å². The molecule has 0 spiro atoms. The molecule has 0 fully saturated rings. The predicted octanol–water partition coefficient (Wildman–Crippen LogP) is 9.99. The SMILES string of the molecule is CCC1(CC)C2=N[C@H](CO2)Cc2ccc(cc2)OCCCCOc2ccc(cc2)C(C)(C)c2ccc(cc2)OCCCCOc2ccc(cc2)C[C@H]2COC1=N2. The maximum Gasteiger partial charge on any atom is 0.199 e. The van der Waals surface area contributed by atoms with Gasteiger partial charge in [0.1, 0.15) is 41.6 Å². The Kier molecular flexibility index (Phi) is 12.8. The van der Waals surface area contributed by atoms with Crippen molar-refractivity contribution in [3.63, 3.8) is 0 Å². The quantitative estimate of drug-likeness (QED) is 0.203. The molecule has 4 aromatic carbocycles. The highest BCUT2D eigenvalue weighted by Gasteiger charge is 2.46. The largest absolute Gasteiger partial charge is 0.494 e. The third-order valence-electron chi connectivity index (χ3n) is 11.5. The van der Waals surface area contributed by atoms with Crippen molar-refractivity contribution in [3.8, 4) is 23.0 Å². The molecule has 0 saturated carbocycles. The van der Waals surface area contributed by atoms with E-state index in [9.17, 15) is 0 Å². The number of nitrogens with zero attached hydrogens (tertiary/aromatic N) is 2. The van der Waals surface area contributed by atoms with Crippen LogP contribution in [0.5, 0.6) is 23.0 Å². The van der Waals surface area contributed by atoms with Crippen molar-refractivity contribution in [1.29, 1.82) is 0 Å². The first-order chi connectivity index (χ1) is 27.3. The monoisotopic (exact) mass is 758 g/mol. The normalized spacial score (nSPS) is 21.5. The summed E-state index contributed by atoms with van der Waals surface area (Å²) in [6.07, 6.45) is 6.90. The van der Waals surface area contributed by atoms with Crippen LogP contribution in [0.1, 0.15) is 88.5 Å². The Morgan fingerprint density at radius 2 is 0.786 bits per heavy atom. The zero-order valence-corrected chi connectivity index (χ0v) is 33.6. The van der Waals surface area contributed by atoms with Crippen LogP contribution in [-0.2, 0) is 27.7 Å². The summed E-state index contributed by atoms with van der Waals surface area (Å²) in [6.45, 7) is 12.6. The summed E-state index contributed by atoms with van der Waals surface area (Å²) in [7, 11) is 0. The topological polar surface area (TPSA) is 80.1 Å². The van der Waals surface area contributed by atoms with Gasteiger partial charge in [0.25, 0.3) is 0 Å². The lowest BCUT2D eigenvalue weighted by molar-refractivity contribution is 0.244. The maximum absolute atomic E-state index is 6.32. The number of fused-ring (bicyclic) bond motifs is 4. The zero-order valence-electron chi connectivity index (χ0n) is 33.6. The average Bonchev–Trinajstić information content (AvgIpc) is 3.90. The lowest BCUT2D eigenvalue weighted by Gasteiger charge is -2.29. The van der Waals surface area contributed by atoms with Gasteiger partial charge in [0, 0.05) is 5.41 Å². The van der Waals surface area contributed by atoms with Crippen molar-refractivity contribution in [1.82, 2.24) is 0 Å². The highest BCUT2D eigenvalue weighted by Crippen LogP contribution is 2.37. The summed E-state index contributed by atoms with van der Waals surface area (Å²) in [5, 5.41) is 0. The van der Waals surface area contributed by atoms with Crippen molar-refractivity contribution in [2.75, 3.05) is 39.6 Å². The molecule has 56 heavy (non-hydrogen) atoms. The average molecular weight is 759 g/mol. The molecule has 12 bridgehead atoms. The molecule has 7 aliphatic rings. The fourth-order valence-corrected chi connectivity index (χ4v) is 7.77. The Morgan fingerprint density at radius 1 is 0.464 bits per heavy atom. The molecule has 2 atom stereocenters. The maximum atomic E-state index is 6.32. The van der Waals surface area contributed by atoms with E-state index >= 15 is 0 Å². The van der Waals surface area contributed by atoms with Crippen molar-refractivity contribution in [2.45, 2.75) is 96.6 Å². The van der Waals surface area contributed by atoms with E-state index in [4.69, 9.17) is 38.4 Å². The Bertz CT molecular complexity index is 1760. The zero-order chi connectivity index (χ0) is 38.8. The summed E-state index contributed by atoms with van der Waals surface area (Å²) in [5.74, 6) is 5.05. The van der Waals surface area contributed by atoms with E-state index in [1.165, 1.54) is 22.3 Å². The number of hydrogen-bond donors (Lipinski definition) is 0. The second-order valence-corrected chi connectivity index (χ2v) is 15.8. The van der Waals surface area contributed by atoms with Crippen molar-refractivity contribution in [2.24, 2.45) is 15.4 Å². The molecule has 8 nitrogen and oxygen atoms in total. The van der Waals surface area contributed by atoms with Gasteiger partial charge < -0.3 is 28.4 Å². The van der Waals surface area contributed by atoms with Crippen molar-refractivity contribution < 1.29 is 28.4 Å². The van der Waals surface area contributed by atoms with E-state index in [0.29, 0.717) is 39.6 Å². The van der Waals surface area contributed by atoms with Crippen LogP contribution in [-0.4, -0.2) is 63.5 Å². The van der Waals surface area contributed by atoms with Crippen molar-refractivity contribution >= 4 is 11.8 Å². The third kappa shape index (κ3) is 9.51. The molecule has 0 saturated heterocycles. The fraction of sp³-hybridized carbons (Fsp3) is 0.458. The molecule has 0 aliphatic carbocycles. The van der Waals surface area contributed by atoms with Crippen LogP contribution >= 0.6 is 0 Å². The van der Waals surface area contributed by atoms with E-state index in [-0.39, 0.29) is 17.5 Å². The summed E-state index contributed by atoms with van der Waals surface area (Å²) in [6, 6.07) is 33.8. The van der Waals surface area contributed by atoms with E-state index in [1.54, 1.807) is 0 Å². The summed E-state index contributed by atoms with van der Waals surface area (Å²) in [5.41, 5.74) is 4.30. The molecule has 8 heteroatoms. The first-order valence-electron chi connectivity index (χ1n) is 20.7. The Morgan fingerprint density at radius 3 is 1.11 bits per heavy atom. The number of aliphatic imine (C=N–C) groups is 2. The van der Waals surface area contributed by atoms with Gasteiger partial charge in [-0.15, -0.1) is 0 Å². The van der Waals surface area contributed by atoms with E-state index in [0.717, 1.165) is 86.2 Å². The lowest BCUT2D eigenvalue weighted by atomic mass is 9.78. The molecular weight excluding hydrogens is 701 g/mol. The van der Waals surface area contributed by atoms with Gasteiger partial charge in [0.15, 0.2) is 11.8 Å². The number of hydrogen-bond acceptors (Lipinski definition) is 8. The molecule has 0 N–H and O–H groups in total. The number of ether oxygens (including phenoxy) is 6. The summed E-state index contributed by atoms with van der Waals surface area (Å²) < 4.78 is 36.9. The van der Waals surface area contributed by atoms with Gasteiger partial charge >= 0.3 is 0 Å². The van der Waals surface area contributed by atoms with Crippen LogP contribution in [0, 0.1) is 5.41 Å². The molecule has 0 radical (unpaired) electrons. The molecule has 0 amide bonds. The Balaban J connectivity index is 1.01. The van der Waals surface area contributed by atoms with Crippen LogP contribution in [0.2, 0.25) is 0 Å². The van der Waals surface area contributed by atoms with Crippen LogP contribution in [0.4, 0.5) is 0 Å². The molecule has 11 rings (SSSR count). The molecule has 4 aromatic rings. The van der Waals surface area contributed by atoms with Crippen LogP contribution in [0.15, 0.2) is 107 Å². The summed E-state index contributed by atoms with van der Waals surface area (Å²) >= 11 is 0. The third-order valence-corrected chi connectivity index (χ3v) is 11.5. The molecule has 0 aromatic heterocycles. The van der Waals surface area contributed by atoms with E-state index in [1.807, 2.05) is 0 Å². The van der Waals surface area contributed by atoms with Crippen LogP contribution < -0.4 is 18.9 Å². The fourth-order valence-electron chi connectivity index (χ4n) is 7.77. The minimum absolute atomic E-state index is 0.0527. The predicted molar refractivity (Wildman–Crippen MR) is 223 cm³/mol. The number of benzene rings is 4. The van der Waals surface area contributed by atoms with E-state index in [2.05, 4.69) is 125 Å². The lowest BCUT2D eigenvalue weighted by Crippen LogP contribution is -2.39. The minimum atomic E-state index is -0.449. The molecule has 7 heterocycles. The molecule has 0 unspecified atom stereocenters. The van der Waals surface area contributed by atoms with Gasteiger partial charge in [-0.25, -0.2) is 9.98 Å². The van der Waals surface area contributed by atoms with Gasteiger partial charge in [-0.3, -0.25) is 0 Å².